The van der Waals surface area contributed by atoms with Crippen LogP contribution in [0.15, 0.2) is 59.8 Å². The van der Waals surface area contributed by atoms with E-state index in [2.05, 4.69) is 5.32 Å². The van der Waals surface area contributed by atoms with E-state index in [0.29, 0.717) is 11.1 Å². The van der Waals surface area contributed by atoms with Gasteiger partial charge in [0.2, 0.25) is 0 Å². The number of allylic oxidation sites excluding steroid dienone is 1. The van der Waals surface area contributed by atoms with Gasteiger partial charge in [0.1, 0.15) is 0 Å². The second-order valence-electron chi connectivity index (χ2n) is 6.30. The van der Waals surface area contributed by atoms with Crippen LogP contribution in [-0.2, 0) is 11.0 Å². The lowest BCUT2D eigenvalue weighted by Crippen LogP contribution is -2.48. The molecule has 0 saturated heterocycles. The van der Waals surface area contributed by atoms with Gasteiger partial charge in [0, 0.05) is 5.70 Å². The van der Waals surface area contributed by atoms with Crippen LogP contribution in [0.3, 0.4) is 0 Å². The van der Waals surface area contributed by atoms with Gasteiger partial charge in [0.15, 0.2) is 0 Å². The maximum atomic E-state index is 13.0. The topological polar surface area (TPSA) is 93.4 Å². The number of carboxylic acids is 1. The minimum atomic E-state index is -4.61. The van der Waals surface area contributed by atoms with Crippen molar-refractivity contribution in [1.29, 1.82) is 5.26 Å². The van der Waals surface area contributed by atoms with Gasteiger partial charge in [-0.1, -0.05) is 18.2 Å². The number of urea groups is 1. The standard InChI is InChI=1S/C20H14F3N3O3/c1-11-16(18(27)28)17(13-7-5-12(10-24)6-8-13)25-19(29)26(11)15-4-2-3-14(9-15)20(21,22)23/h2-9,17H,1H3,(H,25,29)(H,27,28)/t17-/m0/s1. The fourth-order valence-electron chi connectivity index (χ4n) is 3.15. The number of benzene rings is 2. The second kappa shape index (κ2) is 7.31. The largest absolute Gasteiger partial charge is 0.478 e. The molecule has 1 heterocycles. The molecule has 0 aromatic heterocycles. The summed E-state index contributed by atoms with van der Waals surface area (Å²) in [5, 5.41) is 21.1. The van der Waals surface area contributed by atoms with E-state index in [-0.39, 0.29) is 17.0 Å². The van der Waals surface area contributed by atoms with E-state index in [1.54, 1.807) is 0 Å². The summed E-state index contributed by atoms with van der Waals surface area (Å²) >= 11 is 0. The van der Waals surface area contributed by atoms with E-state index in [1.165, 1.54) is 37.3 Å². The fourth-order valence-corrected chi connectivity index (χ4v) is 3.15. The monoisotopic (exact) mass is 401 g/mol. The van der Waals surface area contributed by atoms with Crippen LogP contribution in [0.1, 0.15) is 29.7 Å². The normalized spacial score (nSPS) is 17.0. The molecule has 2 amide bonds. The number of rotatable bonds is 3. The van der Waals surface area contributed by atoms with Gasteiger partial charge in [-0.05, 0) is 42.8 Å². The average molecular weight is 401 g/mol. The summed E-state index contributed by atoms with van der Waals surface area (Å²) in [6.07, 6.45) is -4.61. The number of nitriles is 1. The Morgan fingerprint density at radius 1 is 1.21 bits per heavy atom. The summed E-state index contributed by atoms with van der Waals surface area (Å²) in [7, 11) is 0. The molecule has 1 atom stereocenters. The first-order valence-electron chi connectivity index (χ1n) is 8.35. The first-order chi connectivity index (χ1) is 13.6. The highest BCUT2D eigenvalue weighted by molar-refractivity contribution is 6.02. The Labute approximate surface area is 163 Å². The van der Waals surface area contributed by atoms with Crippen molar-refractivity contribution in [2.24, 2.45) is 0 Å². The number of hydrogen-bond acceptors (Lipinski definition) is 3. The van der Waals surface area contributed by atoms with Gasteiger partial charge in [0.25, 0.3) is 0 Å². The molecule has 1 aliphatic heterocycles. The highest BCUT2D eigenvalue weighted by Crippen LogP contribution is 2.36. The Balaban J connectivity index is 2.10. The third kappa shape index (κ3) is 3.78. The van der Waals surface area contributed by atoms with Crippen molar-refractivity contribution in [3.8, 4) is 6.07 Å². The lowest BCUT2D eigenvalue weighted by atomic mass is 9.94. The van der Waals surface area contributed by atoms with Crippen LogP contribution >= 0.6 is 0 Å². The summed E-state index contributed by atoms with van der Waals surface area (Å²) < 4.78 is 39.1. The molecule has 2 aromatic carbocycles. The molecule has 2 N–H and O–H groups in total. The Morgan fingerprint density at radius 3 is 2.41 bits per heavy atom. The lowest BCUT2D eigenvalue weighted by molar-refractivity contribution is -0.137. The molecular weight excluding hydrogens is 387 g/mol. The van der Waals surface area contributed by atoms with E-state index in [4.69, 9.17) is 5.26 Å². The quantitative estimate of drug-likeness (QED) is 0.806. The van der Waals surface area contributed by atoms with Crippen LogP contribution in [0, 0.1) is 11.3 Å². The number of carbonyl (C=O) groups excluding carboxylic acids is 1. The molecule has 0 unspecified atom stereocenters. The number of nitrogens with zero attached hydrogens (tertiary/aromatic N) is 2. The lowest BCUT2D eigenvalue weighted by Gasteiger charge is -2.35. The molecule has 148 valence electrons. The molecule has 0 spiro atoms. The zero-order chi connectivity index (χ0) is 21.3. The first-order valence-corrected chi connectivity index (χ1v) is 8.35. The number of amides is 2. The molecule has 3 rings (SSSR count). The predicted octanol–water partition coefficient (Wildman–Crippen LogP) is 4.21. The van der Waals surface area contributed by atoms with Crippen molar-refractivity contribution in [3.63, 3.8) is 0 Å². The number of aliphatic carboxylic acids is 1. The van der Waals surface area contributed by atoms with Crippen molar-refractivity contribution in [1.82, 2.24) is 5.32 Å². The zero-order valence-electron chi connectivity index (χ0n) is 15.0. The van der Waals surface area contributed by atoms with Crippen molar-refractivity contribution >= 4 is 17.7 Å². The van der Waals surface area contributed by atoms with E-state index in [9.17, 15) is 27.9 Å². The molecule has 0 bridgehead atoms. The number of nitrogens with one attached hydrogen (secondary N) is 1. The molecular formula is C20H14F3N3O3. The summed E-state index contributed by atoms with van der Waals surface area (Å²) in [5.41, 5.74) is -0.466. The third-order valence-electron chi connectivity index (χ3n) is 4.52. The fraction of sp³-hybridized carbons (Fsp3) is 0.150. The summed E-state index contributed by atoms with van der Waals surface area (Å²) in [6, 6.07) is 10.2. The minimum Gasteiger partial charge on any atom is -0.478 e. The highest BCUT2D eigenvalue weighted by Gasteiger charge is 2.37. The zero-order valence-corrected chi connectivity index (χ0v) is 15.0. The average Bonchev–Trinajstić information content (AvgIpc) is 2.67. The Hall–Kier alpha value is -3.80. The minimum absolute atomic E-state index is 0.00469. The first kappa shape index (κ1) is 19.9. The van der Waals surface area contributed by atoms with Gasteiger partial charge in [-0.25, -0.2) is 9.59 Å². The van der Waals surface area contributed by atoms with Crippen LogP contribution in [0.25, 0.3) is 0 Å². The summed E-state index contributed by atoms with van der Waals surface area (Å²) in [5.74, 6) is -1.33. The van der Waals surface area contributed by atoms with E-state index >= 15 is 0 Å². The Kier molecular flexibility index (Phi) is 5.03. The molecule has 1 aliphatic rings. The molecule has 2 aromatic rings. The van der Waals surface area contributed by atoms with Crippen molar-refractivity contribution in [2.75, 3.05) is 4.90 Å². The summed E-state index contributed by atoms with van der Waals surface area (Å²) in [4.78, 5) is 25.5. The number of anilines is 1. The van der Waals surface area contributed by atoms with Crippen LogP contribution in [-0.4, -0.2) is 17.1 Å². The van der Waals surface area contributed by atoms with E-state index < -0.39 is 29.8 Å². The van der Waals surface area contributed by atoms with Crippen LogP contribution in [0.2, 0.25) is 0 Å². The number of halogens is 3. The Morgan fingerprint density at radius 2 is 1.86 bits per heavy atom. The maximum absolute atomic E-state index is 13.0. The molecule has 0 aliphatic carbocycles. The van der Waals surface area contributed by atoms with Gasteiger partial charge in [0.05, 0.1) is 34.5 Å². The molecule has 29 heavy (non-hydrogen) atoms. The molecule has 0 radical (unpaired) electrons. The van der Waals surface area contributed by atoms with Crippen molar-refractivity contribution < 1.29 is 27.9 Å². The number of carboxylic acid groups (broad SMARTS) is 1. The predicted molar refractivity (Wildman–Crippen MR) is 96.7 cm³/mol. The van der Waals surface area contributed by atoms with Crippen LogP contribution < -0.4 is 10.2 Å². The van der Waals surface area contributed by atoms with Gasteiger partial charge in [-0.3, -0.25) is 4.90 Å². The SMILES string of the molecule is CC1=C(C(=O)O)[C@H](c2ccc(C#N)cc2)NC(=O)N1c1cccc(C(F)(F)F)c1. The van der Waals surface area contributed by atoms with E-state index in [0.717, 1.165) is 23.1 Å². The summed E-state index contributed by atoms with van der Waals surface area (Å²) in [6.45, 7) is 1.36. The van der Waals surface area contributed by atoms with Crippen molar-refractivity contribution in [2.45, 2.75) is 19.1 Å². The van der Waals surface area contributed by atoms with Gasteiger partial charge in [-0.2, -0.15) is 18.4 Å². The highest BCUT2D eigenvalue weighted by atomic mass is 19.4. The smallest absolute Gasteiger partial charge is 0.416 e. The van der Waals surface area contributed by atoms with Gasteiger partial charge in [-0.15, -0.1) is 0 Å². The van der Waals surface area contributed by atoms with Crippen LogP contribution in [0.5, 0.6) is 0 Å². The number of carbonyl (C=O) groups is 2. The van der Waals surface area contributed by atoms with Gasteiger partial charge >= 0.3 is 18.2 Å². The number of hydrogen-bond donors (Lipinski definition) is 2. The number of alkyl halides is 3. The molecule has 0 fully saturated rings. The van der Waals surface area contributed by atoms with Gasteiger partial charge < -0.3 is 10.4 Å². The molecule has 6 nitrogen and oxygen atoms in total. The molecule has 9 heteroatoms. The van der Waals surface area contributed by atoms with Crippen LogP contribution in [0.4, 0.5) is 23.7 Å². The van der Waals surface area contributed by atoms with E-state index in [1.807, 2.05) is 6.07 Å². The van der Waals surface area contributed by atoms with Crippen molar-refractivity contribution in [3.05, 3.63) is 76.5 Å². The molecule has 0 saturated carbocycles. The Bertz CT molecular complexity index is 1050. The maximum Gasteiger partial charge on any atom is 0.416 e. The third-order valence-corrected chi connectivity index (χ3v) is 4.52. The second-order valence-corrected chi connectivity index (χ2v) is 6.30.